The van der Waals surface area contributed by atoms with Crippen LogP contribution in [0.15, 0.2) is 11.6 Å². The first-order chi connectivity index (χ1) is 10.3. The third-order valence-electron chi connectivity index (χ3n) is 3.34. The zero-order valence-corrected chi connectivity index (χ0v) is 14.8. The summed E-state index contributed by atoms with van der Waals surface area (Å²) in [5.41, 5.74) is -0.373. The predicted octanol–water partition coefficient (Wildman–Crippen LogP) is 3.68. The topological polar surface area (TPSA) is 62.3 Å². The van der Waals surface area contributed by atoms with Gasteiger partial charge in [-0.15, -0.1) is 11.3 Å². The van der Waals surface area contributed by atoms with Gasteiger partial charge in [0.05, 0.1) is 0 Å². The molecule has 5 nitrogen and oxygen atoms in total. The number of unbranched alkanes of at least 4 members (excludes halogenated alkanes) is 3. The largest absolute Gasteiger partial charge is 0.329 e. The Morgan fingerprint density at radius 1 is 1.27 bits per heavy atom. The van der Waals surface area contributed by atoms with Gasteiger partial charge in [0.2, 0.25) is 11.8 Å². The van der Waals surface area contributed by atoms with Crippen molar-refractivity contribution in [3.05, 3.63) is 11.6 Å². The van der Waals surface area contributed by atoms with E-state index >= 15 is 0 Å². The van der Waals surface area contributed by atoms with E-state index in [1.54, 1.807) is 16.5 Å². The summed E-state index contributed by atoms with van der Waals surface area (Å²) in [6.07, 6.45) is 6.38. The van der Waals surface area contributed by atoms with Crippen molar-refractivity contribution in [2.75, 3.05) is 11.9 Å². The molecule has 6 heteroatoms. The van der Waals surface area contributed by atoms with Gasteiger partial charge in [0.25, 0.3) is 0 Å². The molecule has 0 atom stereocenters. The van der Waals surface area contributed by atoms with E-state index in [4.69, 9.17) is 0 Å². The molecule has 0 bridgehead atoms. The van der Waals surface area contributed by atoms with Crippen LogP contribution in [0.2, 0.25) is 0 Å². The third-order valence-corrected chi connectivity index (χ3v) is 4.02. The molecule has 22 heavy (non-hydrogen) atoms. The molecule has 0 spiro atoms. The second-order valence-electron chi connectivity index (χ2n) is 6.35. The first-order valence-electron chi connectivity index (χ1n) is 7.84. The second kappa shape index (κ2) is 8.88. The maximum Gasteiger partial charge on any atom is 0.245 e. The van der Waals surface area contributed by atoms with Crippen molar-refractivity contribution in [1.29, 1.82) is 0 Å². The summed E-state index contributed by atoms with van der Waals surface area (Å²) in [6.45, 7) is 8.07. The lowest BCUT2D eigenvalue weighted by atomic mass is 10.0. The lowest BCUT2D eigenvalue weighted by Crippen LogP contribution is -2.49. The summed E-state index contributed by atoms with van der Waals surface area (Å²) in [6, 6.07) is 0. The van der Waals surface area contributed by atoms with Gasteiger partial charge in [0.1, 0.15) is 6.54 Å². The van der Waals surface area contributed by atoms with E-state index in [-0.39, 0.29) is 23.9 Å². The first kappa shape index (κ1) is 18.6. The minimum Gasteiger partial charge on any atom is -0.329 e. The Morgan fingerprint density at radius 3 is 2.55 bits per heavy atom. The highest BCUT2D eigenvalue weighted by Crippen LogP contribution is 2.17. The number of carbonyl (C=O) groups is 2. The molecule has 1 N–H and O–H groups in total. The summed E-state index contributed by atoms with van der Waals surface area (Å²) >= 11 is 1.37. The van der Waals surface area contributed by atoms with E-state index in [0.717, 1.165) is 25.7 Å². The van der Waals surface area contributed by atoms with Crippen molar-refractivity contribution in [2.45, 2.75) is 65.3 Å². The summed E-state index contributed by atoms with van der Waals surface area (Å²) in [4.78, 5) is 30.2. The molecule has 0 radical (unpaired) electrons. The fourth-order valence-electron chi connectivity index (χ4n) is 2.12. The number of nitrogens with one attached hydrogen (secondary N) is 1. The summed E-state index contributed by atoms with van der Waals surface area (Å²) < 4.78 is 0. The van der Waals surface area contributed by atoms with Crippen molar-refractivity contribution in [1.82, 2.24) is 9.88 Å². The second-order valence-corrected chi connectivity index (χ2v) is 7.24. The minimum atomic E-state index is -0.373. The average Bonchev–Trinajstić information content (AvgIpc) is 2.92. The van der Waals surface area contributed by atoms with Gasteiger partial charge in [-0.3, -0.25) is 9.59 Å². The summed E-state index contributed by atoms with van der Waals surface area (Å²) in [5, 5.41) is 5.10. The van der Waals surface area contributed by atoms with Crippen molar-refractivity contribution in [3.8, 4) is 0 Å². The smallest absolute Gasteiger partial charge is 0.245 e. The molecule has 124 valence electrons. The summed E-state index contributed by atoms with van der Waals surface area (Å²) in [7, 11) is 0. The van der Waals surface area contributed by atoms with Crippen LogP contribution in [0.1, 0.15) is 59.8 Å². The lowest BCUT2D eigenvalue weighted by molar-refractivity contribution is -0.139. The van der Waals surface area contributed by atoms with Crippen molar-refractivity contribution in [3.63, 3.8) is 0 Å². The molecule has 2 amide bonds. The van der Waals surface area contributed by atoms with Crippen LogP contribution in [0.3, 0.4) is 0 Å². The molecular weight excluding hydrogens is 298 g/mol. The van der Waals surface area contributed by atoms with Crippen LogP contribution >= 0.6 is 11.3 Å². The normalized spacial score (nSPS) is 11.3. The fraction of sp³-hybridized carbons (Fsp3) is 0.688. The number of carbonyl (C=O) groups excluding carboxylic acids is 2. The Balaban J connectivity index is 2.56. The molecule has 1 aromatic rings. The monoisotopic (exact) mass is 325 g/mol. The molecule has 0 fully saturated rings. The number of hydrogen-bond donors (Lipinski definition) is 1. The molecule has 0 saturated carbocycles. The fourth-order valence-corrected chi connectivity index (χ4v) is 2.67. The van der Waals surface area contributed by atoms with Crippen molar-refractivity contribution < 1.29 is 9.59 Å². The van der Waals surface area contributed by atoms with Gasteiger partial charge < -0.3 is 10.2 Å². The maximum absolute atomic E-state index is 12.4. The quantitative estimate of drug-likeness (QED) is 0.742. The Hall–Kier alpha value is -1.43. The average molecular weight is 325 g/mol. The molecule has 0 aliphatic rings. The van der Waals surface area contributed by atoms with Crippen LogP contribution in [0.4, 0.5) is 5.13 Å². The highest BCUT2D eigenvalue weighted by molar-refractivity contribution is 7.13. The zero-order valence-electron chi connectivity index (χ0n) is 14.0. The van der Waals surface area contributed by atoms with Crippen LogP contribution in [0, 0.1) is 0 Å². The molecule has 1 rings (SSSR count). The molecule has 0 unspecified atom stereocenters. The van der Waals surface area contributed by atoms with Gasteiger partial charge in [-0.25, -0.2) is 4.98 Å². The Bertz CT molecular complexity index is 466. The molecule has 0 aliphatic heterocycles. The van der Waals surface area contributed by atoms with Gasteiger partial charge in [-0.05, 0) is 27.2 Å². The van der Waals surface area contributed by atoms with E-state index in [1.165, 1.54) is 11.3 Å². The van der Waals surface area contributed by atoms with Crippen LogP contribution in [0.25, 0.3) is 0 Å². The van der Waals surface area contributed by atoms with Gasteiger partial charge in [-0.2, -0.15) is 0 Å². The molecule has 0 aromatic carbocycles. The highest BCUT2D eigenvalue weighted by Gasteiger charge is 2.28. The molecule has 0 saturated heterocycles. The van der Waals surface area contributed by atoms with Gasteiger partial charge >= 0.3 is 0 Å². The third kappa shape index (κ3) is 6.56. The molecular formula is C16H27N3O2S. The van der Waals surface area contributed by atoms with E-state index < -0.39 is 0 Å². The highest BCUT2D eigenvalue weighted by atomic mass is 32.1. The van der Waals surface area contributed by atoms with E-state index in [1.807, 2.05) is 20.8 Å². The Labute approximate surface area is 137 Å². The van der Waals surface area contributed by atoms with Crippen LogP contribution in [-0.2, 0) is 9.59 Å². The van der Waals surface area contributed by atoms with E-state index in [2.05, 4.69) is 17.2 Å². The zero-order chi connectivity index (χ0) is 16.6. The standard InChI is InChI=1S/C16H27N3O2S/c1-5-6-7-8-9-14(21)19(16(2,3)4)12-13(20)18-15-17-10-11-22-15/h10-11H,5-9,12H2,1-4H3,(H,17,18,20). The number of hydrogen-bond acceptors (Lipinski definition) is 4. The Morgan fingerprint density at radius 2 is 2.00 bits per heavy atom. The minimum absolute atomic E-state index is 0.0397. The van der Waals surface area contributed by atoms with Crippen LogP contribution < -0.4 is 5.32 Å². The van der Waals surface area contributed by atoms with Crippen molar-refractivity contribution >= 4 is 28.3 Å². The summed E-state index contributed by atoms with van der Waals surface area (Å²) in [5.74, 6) is -0.162. The maximum atomic E-state index is 12.4. The molecule has 0 aliphatic carbocycles. The van der Waals surface area contributed by atoms with Gasteiger partial charge in [0, 0.05) is 23.5 Å². The lowest BCUT2D eigenvalue weighted by Gasteiger charge is -2.35. The SMILES string of the molecule is CCCCCCC(=O)N(CC(=O)Nc1nccs1)C(C)(C)C. The van der Waals surface area contributed by atoms with Crippen LogP contribution in [-0.4, -0.2) is 33.8 Å². The first-order valence-corrected chi connectivity index (χ1v) is 8.72. The number of anilines is 1. The number of thiazole rings is 1. The number of rotatable bonds is 8. The molecule has 1 heterocycles. The van der Waals surface area contributed by atoms with Gasteiger partial charge in [-0.1, -0.05) is 26.2 Å². The molecule has 1 aromatic heterocycles. The van der Waals surface area contributed by atoms with Gasteiger partial charge in [0.15, 0.2) is 5.13 Å². The van der Waals surface area contributed by atoms with Crippen LogP contribution in [0.5, 0.6) is 0 Å². The number of nitrogens with zero attached hydrogens (tertiary/aromatic N) is 2. The van der Waals surface area contributed by atoms with E-state index in [9.17, 15) is 9.59 Å². The van der Waals surface area contributed by atoms with Crippen molar-refractivity contribution in [2.24, 2.45) is 0 Å². The predicted molar refractivity (Wildman–Crippen MR) is 91.0 cm³/mol. The van der Waals surface area contributed by atoms with E-state index in [0.29, 0.717) is 11.6 Å². The Kier molecular flexibility index (Phi) is 7.51. The number of amides is 2. The number of aromatic nitrogens is 1.